The number of alkyl halides is 3. The summed E-state index contributed by atoms with van der Waals surface area (Å²) >= 11 is 0. The fourth-order valence-corrected chi connectivity index (χ4v) is 1.70. The van der Waals surface area contributed by atoms with E-state index >= 15 is 0 Å². The topological polar surface area (TPSA) is 64.6 Å². The number of ether oxygens (including phenoxy) is 2. The second-order valence-electron chi connectivity index (χ2n) is 6.02. The predicted octanol–water partition coefficient (Wildman–Crippen LogP) is 3.52. The van der Waals surface area contributed by atoms with Gasteiger partial charge in [-0.15, -0.1) is 13.2 Å². The van der Waals surface area contributed by atoms with Gasteiger partial charge in [-0.2, -0.15) is 0 Å². The van der Waals surface area contributed by atoms with Crippen molar-refractivity contribution in [2.75, 3.05) is 0 Å². The summed E-state index contributed by atoms with van der Waals surface area (Å²) in [7, 11) is 0. The van der Waals surface area contributed by atoms with Gasteiger partial charge in [0, 0.05) is 0 Å². The lowest BCUT2D eigenvalue weighted by Crippen LogP contribution is -2.46. The third-order valence-electron chi connectivity index (χ3n) is 2.66. The summed E-state index contributed by atoms with van der Waals surface area (Å²) in [6.07, 6.45) is -5.31. The summed E-state index contributed by atoms with van der Waals surface area (Å²) in [5.41, 5.74) is -2.22. The molecule has 0 saturated heterocycles. The van der Waals surface area contributed by atoms with E-state index in [4.69, 9.17) is 4.74 Å². The molecular formula is C15H18F3NO4. The number of aldehydes is 1. The van der Waals surface area contributed by atoms with Crippen molar-refractivity contribution in [3.8, 4) is 5.75 Å². The molecule has 0 aliphatic rings. The molecule has 0 aliphatic carbocycles. The monoisotopic (exact) mass is 333 g/mol. The van der Waals surface area contributed by atoms with Crippen molar-refractivity contribution in [2.24, 2.45) is 0 Å². The molecule has 0 spiro atoms. The molecule has 1 rings (SSSR count). The smallest absolute Gasteiger partial charge is 0.444 e. The molecule has 1 atom stereocenters. The molecule has 1 unspecified atom stereocenters. The molecule has 0 saturated carbocycles. The Morgan fingerprint density at radius 3 is 2.26 bits per heavy atom. The van der Waals surface area contributed by atoms with Gasteiger partial charge in [0.15, 0.2) is 0 Å². The Morgan fingerprint density at radius 1 is 1.17 bits per heavy atom. The van der Waals surface area contributed by atoms with Crippen molar-refractivity contribution >= 4 is 12.4 Å². The summed E-state index contributed by atoms with van der Waals surface area (Å²) in [5.74, 6) is -0.492. The molecule has 1 N–H and O–H groups in total. The number of carbonyl (C=O) groups excluding carboxylic acids is 2. The van der Waals surface area contributed by atoms with Gasteiger partial charge in [-0.25, -0.2) is 4.79 Å². The van der Waals surface area contributed by atoms with Gasteiger partial charge >= 0.3 is 12.5 Å². The van der Waals surface area contributed by atoms with Crippen molar-refractivity contribution < 1.29 is 32.2 Å². The van der Waals surface area contributed by atoms with Crippen molar-refractivity contribution in [3.05, 3.63) is 29.8 Å². The third kappa shape index (κ3) is 6.17. The van der Waals surface area contributed by atoms with E-state index in [2.05, 4.69) is 10.1 Å². The van der Waals surface area contributed by atoms with E-state index in [9.17, 15) is 22.8 Å². The summed E-state index contributed by atoms with van der Waals surface area (Å²) < 4.78 is 45.7. The minimum Gasteiger partial charge on any atom is -0.444 e. The first kappa shape index (κ1) is 18.8. The first-order chi connectivity index (χ1) is 10.3. The second kappa shape index (κ2) is 6.47. The number of hydrogen-bond donors (Lipinski definition) is 1. The molecule has 0 heterocycles. The van der Waals surface area contributed by atoms with Gasteiger partial charge in [-0.05, 0) is 45.4 Å². The number of amides is 1. The Morgan fingerprint density at radius 2 is 1.78 bits per heavy atom. The van der Waals surface area contributed by atoms with E-state index in [0.717, 1.165) is 12.1 Å². The van der Waals surface area contributed by atoms with E-state index in [1.807, 2.05) is 0 Å². The maximum atomic E-state index is 12.3. The van der Waals surface area contributed by atoms with Crippen LogP contribution in [0.4, 0.5) is 18.0 Å². The van der Waals surface area contributed by atoms with Crippen molar-refractivity contribution in [2.45, 2.75) is 45.2 Å². The Bertz CT molecular complexity index is 581. The number of nitrogens with one attached hydrogen (secondary N) is 1. The first-order valence-corrected chi connectivity index (χ1v) is 6.68. The van der Waals surface area contributed by atoms with Gasteiger partial charge in [0.2, 0.25) is 0 Å². The highest BCUT2D eigenvalue weighted by atomic mass is 19.4. The van der Waals surface area contributed by atoms with Crippen molar-refractivity contribution in [1.82, 2.24) is 5.32 Å². The number of carbonyl (C=O) groups is 2. The zero-order valence-electron chi connectivity index (χ0n) is 13.2. The Hall–Kier alpha value is -2.25. The largest absolute Gasteiger partial charge is 0.573 e. The average Bonchev–Trinajstić information content (AvgIpc) is 2.34. The molecule has 1 amide bonds. The van der Waals surface area contributed by atoms with Crippen LogP contribution in [0, 0.1) is 0 Å². The maximum Gasteiger partial charge on any atom is 0.573 e. The minimum absolute atomic E-state index is 0.125. The molecular weight excluding hydrogens is 315 g/mol. The maximum absolute atomic E-state index is 12.3. The van der Waals surface area contributed by atoms with E-state index in [-0.39, 0.29) is 5.56 Å². The lowest BCUT2D eigenvalue weighted by atomic mass is 9.93. The Kier molecular flexibility index (Phi) is 5.29. The van der Waals surface area contributed by atoms with Gasteiger partial charge in [0.25, 0.3) is 0 Å². The van der Waals surface area contributed by atoms with Crippen molar-refractivity contribution in [3.63, 3.8) is 0 Å². The van der Waals surface area contributed by atoms with Crippen LogP contribution in [0.15, 0.2) is 24.3 Å². The summed E-state index contributed by atoms with van der Waals surface area (Å²) in [5, 5.41) is 2.34. The highest BCUT2D eigenvalue weighted by molar-refractivity contribution is 5.78. The SMILES string of the molecule is CC(C)(C)OC(=O)NC(C)(C=O)c1cccc(OC(F)(F)F)c1. The molecule has 23 heavy (non-hydrogen) atoms. The van der Waals surface area contributed by atoms with Crippen LogP contribution in [0.2, 0.25) is 0 Å². The molecule has 8 heteroatoms. The number of rotatable bonds is 4. The van der Waals surface area contributed by atoms with Crippen LogP contribution in [0.3, 0.4) is 0 Å². The summed E-state index contributed by atoms with van der Waals surface area (Å²) in [6.45, 7) is 6.27. The van der Waals surface area contributed by atoms with E-state index in [0.29, 0.717) is 6.29 Å². The van der Waals surface area contributed by atoms with Crippen LogP contribution >= 0.6 is 0 Å². The lowest BCUT2D eigenvalue weighted by molar-refractivity contribution is -0.274. The average molecular weight is 333 g/mol. The normalized spacial score (nSPS) is 14.6. The van der Waals surface area contributed by atoms with Crippen LogP contribution < -0.4 is 10.1 Å². The highest BCUT2D eigenvalue weighted by Crippen LogP contribution is 2.27. The fourth-order valence-electron chi connectivity index (χ4n) is 1.70. The Balaban J connectivity index is 3.02. The molecule has 0 fully saturated rings. The second-order valence-corrected chi connectivity index (χ2v) is 6.02. The quantitative estimate of drug-likeness (QED) is 0.856. The zero-order valence-corrected chi connectivity index (χ0v) is 13.2. The van der Waals surface area contributed by atoms with Crippen molar-refractivity contribution in [1.29, 1.82) is 0 Å². The molecule has 0 aliphatic heterocycles. The number of alkyl carbamates (subject to hydrolysis) is 1. The van der Waals surface area contributed by atoms with E-state index < -0.39 is 29.3 Å². The van der Waals surface area contributed by atoms with Gasteiger partial charge in [-0.1, -0.05) is 12.1 Å². The van der Waals surface area contributed by atoms with Crippen LogP contribution in [-0.2, 0) is 15.1 Å². The van der Waals surface area contributed by atoms with Crippen LogP contribution in [0.5, 0.6) is 5.75 Å². The van der Waals surface area contributed by atoms with Crippen LogP contribution in [0.1, 0.15) is 33.3 Å². The standard InChI is InChI=1S/C15H18F3NO4/c1-13(2,3)23-12(21)19-14(4,9-20)10-6-5-7-11(8-10)22-15(16,17)18/h5-9H,1-4H3,(H,19,21). The number of benzene rings is 1. The summed E-state index contributed by atoms with van der Waals surface area (Å²) in [6, 6.07) is 4.80. The predicted molar refractivity (Wildman–Crippen MR) is 75.9 cm³/mol. The van der Waals surface area contributed by atoms with Crippen LogP contribution in [0.25, 0.3) is 0 Å². The van der Waals surface area contributed by atoms with E-state index in [1.165, 1.54) is 19.1 Å². The van der Waals surface area contributed by atoms with Gasteiger partial charge in [-0.3, -0.25) is 0 Å². The molecule has 0 radical (unpaired) electrons. The fraction of sp³-hybridized carbons (Fsp3) is 0.467. The Labute approximate surface area is 131 Å². The minimum atomic E-state index is -4.85. The lowest BCUT2D eigenvalue weighted by Gasteiger charge is -2.28. The first-order valence-electron chi connectivity index (χ1n) is 6.68. The highest BCUT2D eigenvalue weighted by Gasteiger charge is 2.34. The molecule has 0 bridgehead atoms. The summed E-state index contributed by atoms with van der Waals surface area (Å²) in [4.78, 5) is 23.2. The van der Waals surface area contributed by atoms with Gasteiger partial charge in [0.1, 0.15) is 23.2 Å². The molecule has 5 nitrogen and oxygen atoms in total. The zero-order chi connectivity index (χ0) is 17.9. The molecule has 1 aromatic carbocycles. The molecule has 0 aromatic heterocycles. The third-order valence-corrected chi connectivity index (χ3v) is 2.66. The molecule has 1 aromatic rings. The number of halogens is 3. The van der Waals surface area contributed by atoms with Gasteiger partial charge < -0.3 is 19.6 Å². The molecule has 128 valence electrons. The van der Waals surface area contributed by atoms with E-state index in [1.54, 1.807) is 20.8 Å². The number of hydrogen-bond acceptors (Lipinski definition) is 4. The van der Waals surface area contributed by atoms with Gasteiger partial charge in [0.05, 0.1) is 0 Å². The van der Waals surface area contributed by atoms with Crippen LogP contribution in [-0.4, -0.2) is 24.3 Å².